The second-order valence-electron chi connectivity index (χ2n) is 5.20. The van der Waals surface area contributed by atoms with E-state index in [1.165, 1.54) is 32.1 Å². The zero-order valence-corrected chi connectivity index (χ0v) is 11.4. The molecule has 1 heterocycles. The van der Waals surface area contributed by atoms with Crippen molar-refractivity contribution < 1.29 is 9.53 Å². The van der Waals surface area contributed by atoms with Crippen molar-refractivity contribution in [2.45, 2.75) is 52.5 Å². The molecule has 1 aliphatic rings. The first kappa shape index (κ1) is 13.2. The second kappa shape index (κ2) is 6.07. The third-order valence-electron chi connectivity index (χ3n) is 3.85. The fourth-order valence-electron chi connectivity index (χ4n) is 2.82. The molecule has 18 heavy (non-hydrogen) atoms. The molecule has 0 spiro atoms. The molecule has 1 saturated carbocycles. The van der Waals surface area contributed by atoms with Gasteiger partial charge in [0.25, 0.3) is 0 Å². The van der Waals surface area contributed by atoms with Crippen LogP contribution in [0.3, 0.4) is 0 Å². The lowest BCUT2D eigenvalue weighted by atomic mass is 9.89. The smallest absolute Gasteiger partial charge is 0.354 e. The van der Waals surface area contributed by atoms with E-state index in [2.05, 4.69) is 11.5 Å². The SMILES string of the molecule is CCOC(=O)c1ccc(C)n1CC1CCCCC1. The summed E-state index contributed by atoms with van der Waals surface area (Å²) in [7, 11) is 0. The van der Waals surface area contributed by atoms with Gasteiger partial charge in [0.2, 0.25) is 0 Å². The first-order valence-corrected chi connectivity index (χ1v) is 7.05. The lowest BCUT2D eigenvalue weighted by Crippen LogP contribution is -2.19. The van der Waals surface area contributed by atoms with Gasteiger partial charge in [0.15, 0.2) is 0 Å². The standard InChI is InChI=1S/C15H23NO2/c1-3-18-15(17)14-10-9-12(2)16(14)11-13-7-5-4-6-8-13/h9-10,13H,3-8,11H2,1-2H3. The number of hydrogen-bond donors (Lipinski definition) is 0. The van der Waals surface area contributed by atoms with Gasteiger partial charge in [-0.1, -0.05) is 19.3 Å². The van der Waals surface area contributed by atoms with Crippen molar-refractivity contribution in [2.75, 3.05) is 6.61 Å². The Labute approximate surface area is 109 Å². The van der Waals surface area contributed by atoms with Crippen LogP contribution in [0.2, 0.25) is 0 Å². The Morgan fingerprint density at radius 2 is 2.06 bits per heavy atom. The Morgan fingerprint density at radius 1 is 1.33 bits per heavy atom. The van der Waals surface area contributed by atoms with E-state index in [-0.39, 0.29) is 5.97 Å². The maximum absolute atomic E-state index is 11.9. The van der Waals surface area contributed by atoms with Crippen molar-refractivity contribution in [3.05, 3.63) is 23.5 Å². The van der Waals surface area contributed by atoms with E-state index in [4.69, 9.17) is 4.74 Å². The molecule has 0 N–H and O–H groups in total. The number of carbonyl (C=O) groups is 1. The highest BCUT2D eigenvalue weighted by atomic mass is 16.5. The van der Waals surface area contributed by atoms with Crippen LogP contribution in [-0.2, 0) is 11.3 Å². The predicted octanol–water partition coefficient (Wildman–Crippen LogP) is 3.55. The molecule has 0 unspecified atom stereocenters. The van der Waals surface area contributed by atoms with E-state index >= 15 is 0 Å². The molecular formula is C15H23NO2. The molecule has 1 aliphatic carbocycles. The topological polar surface area (TPSA) is 31.2 Å². The molecule has 0 saturated heterocycles. The van der Waals surface area contributed by atoms with E-state index in [0.29, 0.717) is 12.3 Å². The average Bonchev–Trinajstić information content (AvgIpc) is 2.73. The highest BCUT2D eigenvalue weighted by Crippen LogP contribution is 2.26. The van der Waals surface area contributed by atoms with Gasteiger partial charge in [-0.3, -0.25) is 0 Å². The van der Waals surface area contributed by atoms with Crippen molar-refractivity contribution in [3.63, 3.8) is 0 Å². The van der Waals surface area contributed by atoms with E-state index in [1.807, 2.05) is 19.1 Å². The summed E-state index contributed by atoms with van der Waals surface area (Å²) >= 11 is 0. The van der Waals surface area contributed by atoms with Crippen LogP contribution in [0, 0.1) is 12.8 Å². The van der Waals surface area contributed by atoms with Gasteiger partial charge in [0.1, 0.15) is 5.69 Å². The summed E-state index contributed by atoms with van der Waals surface area (Å²) in [6, 6.07) is 3.89. The monoisotopic (exact) mass is 249 g/mol. The fraction of sp³-hybridized carbons (Fsp3) is 0.667. The largest absolute Gasteiger partial charge is 0.461 e. The lowest BCUT2D eigenvalue weighted by molar-refractivity contribution is 0.0511. The first-order valence-electron chi connectivity index (χ1n) is 7.05. The maximum atomic E-state index is 11.9. The summed E-state index contributed by atoms with van der Waals surface area (Å²) in [6.07, 6.45) is 6.62. The van der Waals surface area contributed by atoms with Gasteiger partial charge < -0.3 is 9.30 Å². The summed E-state index contributed by atoms with van der Waals surface area (Å²) in [5.74, 6) is 0.527. The van der Waals surface area contributed by atoms with Crippen LogP contribution in [0.15, 0.2) is 12.1 Å². The van der Waals surface area contributed by atoms with Crippen LogP contribution in [-0.4, -0.2) is 17.1 Å². The second-order valence-corrected chi connectivity index (χ2v) is 5.20. The molecule has 1 aromatic heterocycles. The molecule has 0 radical (unpaired) electrons. The van der Waals surface area contributed by atoms with Gasteiger partial charge in [-0.2, -0.15) is 0 Å². The van der Waals surface area contributed by atoms with Gasteiger partial charge in [0.05, 0.1) is 6.61 Å². The molecule has 0 atom stereocenters. The van der Waals surface area contributed by atoms with E-state index < -0.39 is 0 Å². The number of carbonyl (C=O) groups excluding carboxylic acids is 1. The van der Waals surface area contributed by atoms with Crippen molar-refractivity contribution in [3.8, 4) is 0 Å². The summed E-state index contributed by atoms with van der Waals surface area (Å²) in [6.45, 7) is 5.31. The van der Waals surface area contributed by atoms with E-state index in [1.54, 1.807) is 0 Å². The molecule has 3 heteroatoms. The molecule has 0 bridgehead atoms. The van der Waals surface area contributed by atoms with Crippen LogP contribution in [0.4, 0.5) is 0 Å². The van der Waals surface area contributed by atoms with Gasteiger partial charge >= 0.3 is 5.97 Å². The highest BCUT2D eigenvalue weighted by Gasteiger charge is 2.19. The molecular weight excluding hydrogens is 226 g/mol. The summed E-state index contributed by atoms with van der Waals surface area (Å²) in [4.78, 5) is 11.9. The van der Waals surface area contributed by atoms with Crippen molar-refractivity contribution in [2.24, 2.45) is 5.92 Å². The third kappa shape index (κ3) is 2.95. The summed E-state index contributed by atoms with van der Waals surface area (Å²) in [5, 5.41) is 0. The van der Waals surface area contributed by atoms with Crippen LogP contribution in [0.1, 0.15) is 55.2 Å². The Balaban J connectivity index is 2.10. The molecule has 3 nitrogen and oxygen atoms in total. The van der Waals surface area contributed by atoms with E-state index in [9.17, 15) is 4.79 Å². The van der Waals surface area contributed by atoms with Crippen molar-refractivity contribution >= 4 is 5.97 Å². The highest BCUT2D eigenvalue weighted by molar-refractivity contribution is 5.87. The van der Waals surface area contributed by atoms with Gasteiger partial charge in [-0.05, 0) is 44.7 Å². The summed E-state index contributed by atoms with van der Waals surface area (Å²) < 4.78 is 7.24. The van der Waals surface area contributed by atoms with E-state index in [0.717, 1.165) is 18.2 Å². The van der Waals surface area contributed by atoms with Crippen LogP contribution < -0.4 is 0 Å². The molecule has 100 valence electrons. The third-order valence-corrected chi connectivity index (χ3v) is 3.85. The zero-order chi connectivity index (χ0) is 13.0. The number of aryl methyl sites for hydroxylation is 1. The lowest BCUT2D eigenvalue weighted by Gasteiger charge is -2.23. The zero-order valence-electron chi connectivity index (χ0n) is 11.4. The van der Waals surface area contributed by atoms with Crippen molar-refractivity contribution in [1.82, 2.24) is 4.57 Å². The summed E-state index contributed by atoms with van der Waals surface area (Å²) in [5.41, 5.74) is 1.86. The number of ether oxygens (including phenoxy) is 1. The number of nitrogens with zero attached hydrogens (tertiary/aromatic N) is 1. The van der Waals surface area contributed by atoms with Gasteiger partial charge in [0, 0.05) is 12.2 Å². The Kier molecular flexibility index (Phi) is 4.45. The number of esters is 1. The molecule has 2 rings (SSSR count). The minimum absolute atomic E-state index is 0.193. The molecule has 0 amide bonds. The minimum Gasteiger partial charge on any atom is -0.461 e. The quantitative estimate of drug-likeness (QED) is 0.764. The fourth-order valence-corrected chi connectivity index (χ4v) is 2.82. The van der Waals surface area contributed by atoms with Gasteiger partial charge in [-0.25, -0.2) is 4.79 Å². The Morgan fingerprint density at radius 3 is 2.72 bits per heavy atom. The van der Waals surface area contributed by atoms with Gasteiger partial charge in [-0.15, -0.1) is 0 Å². The first-order chi connectivity index (χ1) is 8.72. The average molecular weight is 249 g/mol. The Bertz CT molecular complexity index is 403. The Hall–Kier alpha value is -1.25. The minimum atomic E-state index is -0.193. The van der Waals surface area contributed by atoms with Crippen molar-refractivity contribution in [1.29, 1.82) is 0 Å². The maximum Gasteiger partial charge on any atom is 0.354 e. The normalized spacial score (nSPS) is 16.8. The van der Waals surface area contributed by atoms with Crippen LogP contribution in [0.5, 0.6) is 0 Å². The molecule has 0 aliphatic heterocycles. The molecule has 0 aromatic carbocycles. The number of hydrogen-bond acceptors (Lipinski definition) is 2. The predicted molar refractivity (Wildman–Crippen MR) is 71.7 cm³/mol. The van der Waals surface area contributed by atoms with Crippen LogP contribution >= 0.6 is 0 Å². The number of rotatable bonds is 4. The van der Waals surface area contributed by atoms with Crippen LogP contribution in [0.25, 0.3) is 0 Å². The molecule has 1 fully saturated rings. The number of aromatic nitrogens is 1. The molecule has 1 aromatic rings.